The van der Waals surface area contributed by atoms with Gasteiger partial charge in [0.15, 0.2) is 0 Å². The van der Waals surface area contributed by atoms with E-state index in [4.69, 9.17) is 0 Å². The Balaban J connectivity index is 1.83. The van der Waals surface area contributed by atoms with Gasteiger partial charge >= 0.3 is 0 Å². The Hall–Kier alpha value is -0.760. The van der Waals surface area contributed by atoms with Gasteiger partial charge in [0, 0.05) is 18.9 Å². The van der Waals surface area contributed by atoms with Gasteiger partial charge in [0.1, 0.15) is 0 Å². The average Bonchev–Trinajstić information content (AvgIpc) is 2.62. The van der Waals surface area contributed by atoms with Crippen LogP contribution in [0.3, 0.4) is 0 Å². The molecule has 2 heteroatoms. The molecule has 1 aliphatic rings. The fraction of sp³-hybridized carbons (Fsp3) is 0.636. The molecule has 0 bridgehead atoms. The predicted molar refractivity (Wildman–Crippen MR) is 54.7 cm³/mol. The van der Waals surface area contributed by atoms with Crippen molar-refractivity contribution in [1.29, 1.82) is 0 Å². The third kappa shape index (κ3) is 2.34. The molecule has 0 aromatic carbocycles. The Labute approximate surface area is 80.2 Å². The van der Waals surface area contributed by atoms with E-state index in [1.807, 2.05) is 0 Å². The number of rotatable bonds is 2. The molecule has 1 aliphatic heterocycles. The van der Waals surface area contributed by atoms with Crippen LogP contribution < -0.4 is 0 Å². The highest BCUT2D eigenvalue weighted by Gasteiger charge is 2.16. The van der Waals surface area contributed by atoms with E-state index in [9.17, 15) is 0 Å². The third-order valence-corrected chi connectivity index (χ3v) is 2.97. The zero-order chi connectivity index (χ0) is 9.10. The molecule has 2 nitrogen and oxygen atoms in total. The Morgan fingerprint density at radius 3 is 2.38 bits per heavy atom. The van der Waals surface area contributed by atoms with Gasteiger partial charge in [-0.2, -0.15) is 0 Å². The second-order valence-electron chi connectivity index (χ2n) is 4.13. The van der Waals surface area contributed by atoms with Gasteiger partial charge in [0.05, 0.1) is 0 Å². The molecule has 13 heavy (non-hydrogen) atoms. The molecule has 0 spiro atoms. The first kappa shape index (κ1) is 8.82. The quantitative estimate of drug-likeness (QED) is 0.670. The molecule has 0 aliphatic carbocycles. The van der Waals surface area contributed by atoms with Gasteiger partial charge in [0.25, 0.3) is 0 Å². The molecule has 0 radical (unpaired) electrons. The fourth-order valence-corrected chi connectivity index (χ4v) is 2.03. The van der Waals surface area contributed by atoms with Gasteiger partial charge in [-0.15, -0.1) is 0 Å². The largest absolute Gasteiger partial charge is 0.354 e. The highest BCUT2D eigenvalue weighted by molar-refractivity contribution is 4.91. The lowest BCUT2D eigenvalue weighted by atomic mass is 9.97. The molecule has 2 heterocycles. The summed E-state index contributed by atoms with van der Waals surface area (Å²) in [7, 11) is 2.21. The molecule has 2 rings (SSSR count). The lowest BCUT2D eigenvalue weighted by Crippen LogP contribution is -2.31. The Morgan fingerprint density at radius 2 is 1.77 bits per heavy atom. The fourth-order valence-electron chi connectivity index (χ4n) is 2.03. The Kier molecular flexibility index (Phi) is 2.69. The number of hydrogen-bond acceptors (Lipinski definition) is 1. The molecule has 1 fully saturated rings. The molecular formula is C11H18N2. The molecule has 72 valence electrons. The van der Waals surface area contributed by atoms with Crippen molar-refractivity contribution in [2.24, 2.45) is 5.92 Å². The lowest BCUT2D eigenvalue weighted by molar-refractivity contribution is 0.205. The normalized spacial score (nSPS) is 20.7. The van der Waals surface area contributed by atoms with Crippen molar-refractivity contribution in [1.82, 2.24) is 9.47 Å². The van der Waals surface area contributed by atoms with Crippen LogP contribution in [-0.2, 0) is 6.54 Å². The Bertz CT molecular complexity index is 233. The molecule has 1 aromatic rings. The van der Waals surface area contributed by atoms with Crippen LogP contribution in [0.4, 0.5) is 0 Å². The summed E-state index contributed by atoms with van der Waals surface area (Å²) in [4.78, 5) is 2.42. The van der Waals surface area contributed by atoms with Crippen molar-refractivity contribution in [2.75, 3.05) is 20.1 Å². The Morgan fingerprint density at radius 1 is 1.15 bits per heavy atom. The van der Waals surface area contributed by atoms with Crippen molar-refractivity contribution in [3.63, 3.8) is 0 Å². The predicted octanol–water partition coefficient (Wildman–Crippen LogP) is 1.83. The van der Waals surface area contributed by atoms with Crippen molar-refractivity contribution in [2.45, 2.75) is 19.4 Å². The van der Waals surface area contributed by atoms with Crippen LogP contribution in [0.2, 0.25) is 0 Å². The summed E-state index contributed by atoms with van der Waals surface area (Å²) in [6, 6.07) is 4.21. The summed E-state index contributed by atoms with van der Waals surface area (Å²) in [5, 5.41) is 0. The maximum Gasteiger partial charge on any atom is 0.0248 e. The van der Waals surface area contributed by atoms with E-state index >= 15 is 0 Å². The van der Waals surface area contributed by atoms with E-state index in [2.05, 4.69) is 41.0 Å². The topological polar surface area (TPSA) is 8.17 Å². The number of hydrogen-bond donors (Lipinski definition) is 0. The first-order chi connectivity index (χ1) is 6.34. The van der Waals surface area contributed by atoms with Crippen LogP contribution in [-0.4, -0.2) is 29.6 Å². The first-order valence-corrected chi connectivity index (χ1v) is 5.14. The minimum absolute atomic E-state index is 0.892. The molecule has 0 atom stereocenters. The summed E-state index contributed by atoms with van der Waals surface area (Å²) in [6.45, 7) is 3.75. The van der Waals surface area contributed by atoms with Crippen LogP contribution in [0.25, 0.3) is 0 Å². The van der Waals surface area contributed by atoms with Gasteiger partial charge in [-0.3, -0.25) is 0 Å². The molecule has 0 unspecified atom stereocenters. The molecular weight excluding hydrogens is 160 g/mol. The zero-order valence-electron chi connectivity index (χ0n) is 8.32. The number of nitrogens with zero attached hydrogens (tertiary/aromatic N) is 2. The van der Waals surface area contributed by atoms with Gasteiger partial charge in [-0.05, 0) is 51.0 Å². The van der Waals surface area contributed by atoms with E-state index in [1.54, 1.807) is 0 Å². The highest BCUT2D eigenvalue weighted by Crippen LogP contribution is 2.17. The number of aromatic nitrogens is 1. The second kappa shape index (κ2) is 3.97. The van der Waals surface area contributed by atoms with E-state index < -0.39 is 0 Å². The standard InChI is InChI=1S/C11H18N2/c1-12-8-4-11(5-9-12)10-13-6-2-3-7-13/h2-3,6-7,11H,4-5,8-10H2,1H3. The summed E-state index contributed by atoms with van der Waals surface area (Å²) in [6.07, 6.45) is 7.04. The first-order valence-electron chi connectivity index (χ1n) is 5.14. The van der Waals surface area contributed by atoms with Crippen molar-refractivity contribution < 1.29 is 0 Å². The maximum atomic E-state index is 2.42. The summed E-state index contributed by atoms with van der Waals surface area (Å²) in [5.41, 5.74) is 0. The molecule has 0 amide bonds. The van der Waals surface area contributed by atoms with Gasteiger partial charge < -0.3 is 9.47 Å². The second-order valence-corrected chi connectivity index (χ2v) is 4.13. The zero-order valence-corrected chi connectivity index (χ0v) is 8.32. The van der Waals surface area contributed by atoms with E-state index in [1.165, 1.54) is 32.5 Å². The summed E-state index contributed by atoms with van der Waals surface area (Å²) < 4.78 is 2.30. The van der Waals surface area contributed by atoms with Crippen molar-refractivity contribution in [3.05, 3.63) is 24.5 Å². The molecule has 1 aromatic heterocycles. The maximum absolute atomic E-state index is 2.42. The monoisotopic (exact) mass is 178 g/mol. The van der Waals surface area contributed by atoms with Crippen LogP contribution >= 0.6 is 0 Å². The number of piperidine rings is 1. The van der Waals surface area contributed by atoms with Crippen LogP contribution in [0.5, 0.6) is 0 Å². The smallest absolute Gasteiger partial charge is 0.0248 e. The number of likely N-dealkylation sites (tertiary alicyclic amines) is 1. The third-order valence-electron chi connectivity index (χ3n) is 2.97. The summed E-state index contributed by atoms with van der Waals surface area (Å²) in [5.74, 6) is 0.892. The molecule has 0 N–H and O–H groups in total. The van der Waals surface area contributed by atoms with Crippen LogP contribution in [0.15, 0.2) is 24.5 Å². The minimum atomic E-state index is 0.892. The van der Waals surface area contributed by atoms with Gasteiger partial charge in [-0.25, -0.2) is 0 Å². The average molecular weight is 178 g/mol. The van der Waals surface area contributed by atoms with Crippen LogP contribution in [0, 0.1) is 5.92 Å². The highest BCUT2D eigenvalue weighted by atomic mass is 15.1. The van der Waals surface area contributed by atoms with E-state index in [0.29, 0.717) is 0 Å². The van der Waals surface area contributed by atoms with Crippen molar-refractivity contribution in [3.8, 4) is 0 Å². The van der Waals surface area contributed by atoms with E-state index in [0.717, 1.165) is 5.92 Å². The lowest BCUT2D eigenvalue weighted by Gasteiger charge is -2.29. The molecule has 1 saturated heterocycles. The van der Waals surface area contributed by atoms with Gasteiger partial charge in [-0.1, -0.05) is 0 Å². The minimum Gasteiger partial charge on any atom is -0.354 e. The summed E-state index contributed by atoms with van der Waals surface area (Å²) >= 11 is 0. The van der Waals surface area contributed by atoms with Crippen molar-refractivity contribution >= 4 is 0 Å². The van der Waals surface area contributed by atoms with E-state index in [-0.39, 0.29) is 0 Å². The SMILES string of the molecule is CN1CCC(Cn2cccc2)CC1. The molecule has 0 saturated carbocycles. The van der Waals surface area contributed by atoms with Crippen LogP contribution in [0.1, 0.15) is 12.8 Å². The van der Waals surface area contributed by atoms with Gasteiger partial charge in [0.2, 0.25) is 0 Å².